The number of aryl methyl sites for hydroxylation is 1. The number of carbonyl (C=O) groups excluding carboxylic acids is 1. The third-order valence-corrected chi connectivity index (χ3v) is 5.19. The molecule has 7 nitrogen and oxygen atoms in total. The minimum absolute atomic E-state index is 0.149. The first-order valence-corrected chi connectivity index (χ1v) is 10.5. The Balaban J connectivity index is 1.25. The van der Waals surface area contributed by atoms with Crippen LogP contribution in [0.25, 0.3) is 11.0 Å². The largest absolute Gasteiger partial charge is 0.484 e. The highest BCUT2D eigenvalue weighted by Gasteiger charge is 2.16. The van der Waals surface area contributed by atoms with E-state index in [-0.39, 0.29) is 24.3 Å². The maximum Gasteiger partial charge on any atom is 0.277 e. The molecule has 4 aromatic rings. The van der Waals surface area contributed by atoms with Gasteiger partial charge in [0.1, 0.15) is 17.1 Å². The van der Waals surface area contributed by atoms with E-state index in [0.29, 0.717) is 16.9 Å². The zero-order chi connectivity index (χ0) is 20.9. The van der Waals surface area contributed by atoms with E-state index in [2.05, 4.69) is 15.5 Å². The van der Waals surface area contributed by atoms with Crippen molar-refractivity contribution in [3.8, 4) is 5.75 Å². The summed E-state index contributed by atoms with van der Waals surface area (Å²) in [4.78, 5) is 12.3. The lowest BCUT2D eigenvalue weighted by molar-refractivity contribution is -0.119. The molecule has 2 aromatic carbocycles. The van der Waals surface area contributed by atoms with Crippen LogP contribution in [0.3, 0.4) is 0 Å². The molecule has 0 aliphatic heterocycles. The Kier molecular flexibility index (Phi) is 6.04. The highest BCUT2D eigenvalue weighted by Crippen LogP contribution is 2.24. The fourth-order valence-corrected chi connectivity index (χ4v) is 3.49. The number of aromatic nitrogens is 2. The van der Waals surface area contributed by atoms with Gasteiger partial charge in [-0.05, 0) is 43.7 Å². The number of rotatable bonds is 8. The van der Waals surface area contributed by atoms with E-state index in [4.69, 9.17) is 13.6 Å². The maximum atomic E-state index is 12.3. The molecule has 2 aromatic heterocycles. The third-order valence-electron chi connectivity index (χ3n) is 4.38. The number of amides is 1. The molecule has 30 heavy (non-hydrogen) atoms. The van der Waals surface area contributed by atoms with Crippen LogP contribution in [-0.4, -0.2) is 21.9 Å². The van der Waals surface area contributed by atoms with Crippen LogP contribution in [0.15, 0.2) is 68.7 Å². The molecule has 4 rings (SSSR count). The average molecular weight is 423 g/mol. The van der Waals surface area contributed by atoms with Gasteiger partial charge in [0.15, 0.2) is 6.61 Å². The van der Waals surface area contributed by atoms with Gasteiger partial charge in [0.2, 0.25) is 5.91 Å². The van der Waals surface area contributed by atoms with Crippen LogP contribution in [0.1, 0.15) is 30.2 Å². The summed E-state index contributed by atoms with van der Waals surface area (Å²) >= 11 is 1.18. The molecule has 0 saturated heterocycles. The molecule has 8 heteroatoms. The summed E-state index contributed by atoms with van der Waals surface area (Å²) in [5, 5.41) is 12.2. The minimum atomic E-state index is -0.244. The van der Waals surface area contributed by atoms with Crippen LogP contribution in [0.2, 0.25) is 0 Å². The second-order valence-corrected chi connectivity index (χ2v) is 7.76. The molecule has 0 radical (unpaired) electrons. The Morgan fingerprint density at radius 1 is 1.13 bits per heavy atom. The zero-order valence-electron chi connectivity index (χ0n) is 16.6. The molecule has 1 amide bonds. The number of benzene rings is 2. The Hall–Kier alpha value is -3.26. The van der Waals surface area contributed by atoms with Crippen molar-refractivity contribution in [1.82, 2.24) is 15.5 Å². The summed E-state index contributed by atoms with van der Waals surface area (Å²) in [6, 6.07) is 17.1. The number of thioether (sulfide) groups is 1. The maximum absolute atomic E-state index is 12.3. The van der Waals surface area contributed by atoms with Crippen LogP contribution in [-0.2, 0) is 11.4 Å². The van der Waals surface area contributed by atoms with Gasteiger partial charge in [0.05, 0.1) is 11.8 Å². The minimum Gasteiger partial charge on any atom is -0.484 e. The van der Waals surface area contributed by atoms with Crippen LogP contribution in [0, 0.1) is 6.92 Å². The smallest absolute Gasteiger partial charge is 0.277 e. The van der Waals surface area contributed by atoms with E-state index >= 15 is 0 Å². The SMILES string of the molecule is Cc1cccc(OCc2nnc(SCC(=O)N[C@H](C)c3cc4ccccc4o3)o2)c1. The molecule has 0 aliphatic rings. The number of furan rings is 1. The summed E-state index contributed by atoms with van der Waals surface area (Å²) in [6.07, 6.45) is 0. The quantitative estimate of drug-likeness (QED) is 0.412. The number of fused-ring (bicyclic) bond motifs is 1. The fourth-order valence-electron chi connectivity index (χ4n) is 2.90. The van der Waals surface area contributed by atoms with E-state index < -0.39 is 0 Å². The number of nitrogens with one attached hydrogen (secondary N) is 1. The molecule has 0 spiro atoms. The van der Waals surface area contributed by atoms with Gasteiger partial charge in [-0.25, -0.2) is 0 Å². The van der Waals surface area contributed by atoms with Gasteiger partial charge in [-0.1, -0.05) is 42.1 Å². The molecule has 2 heterocycles. The molecule has 1 N–H and O–H groups in total. The standard InChI is InChI=1S/C22H21N3O4S/c1-14-6-5-8-17(10-14)27-12-21-24-25-22(29-21)30-13-20(26)23-15(2)19-11-16-7-3-4-9-18(16)28-19/h3-11,15H,12-13H2,1-2H3,(H,23,26)/t15-/m1/s1. The Labute approximate surface area is 177 Å². The number of hydrogen-bond donors (Lipinski definition) is 1. The Morgan fingerprint density at radius 2 is 2.00 bits per heavy atom. The lowest BCUT2D eigenvalue weighted by Crippen LogP contribution is -2.27. The molecular weight excluding hydrogens is 402 g/mol. The highest BCUT2D eigenvalue weighted by molar-refractivity contribution is 7.99. The normalized spacial score (nSPS) is 12.1. The first-order chi connectivity index (χ1) is 14.6. The van der Waals surface area contributed by atoms with Gasteiger partial charge in [-0.2, -0.15) is 0 Å². The fraction of sp³-hybridized carbons (Fsp3) is 0.227. The van der Waals surface area contributed by atoms with Gasteiger partial charge < -0.3 is 18.9 Å². The van der Waals surface area contributed by atoms with Crippen molar-refractivity contribution < 1.29 is 18.4 Å². The van der Waals surface area contributed by atoms with Crippen molar-refractivity contribution in [2.75, 3.05) is 5.75 Å². The van der Waals surface area contributed by atoms with Crippen molar-refractivity contribution in [2.24, 2.45) is 0 Å². The first-order valence-electron chi connectivity index (χ1n) is 9.49. The number of ether oxygens (including phenoxy) is 1. The Morgan fingerprint density at radius 3 is 2.83 bits per heavy atom. The molecule has 1 atom stereocenters. The van der Waals surface area contributed by atoms with Crippen molar-refractivity contribution in [3.05, 3.63) is 71.8 Å². The van der Waals surface area contributed by atoms with Gasteiger partial charge in [-0.15, -0.1) is 10.2 Å². The lowest BCUT2D eigenvalue weighted by atomic mass is 10.2. The van der Waals surface area contributed by atoms with E-state index in [1.54, 1.807) is 0 Å². The lowest BCUT2D eigenvalue weighted by Gasteiger charge is -2.10. The predicted octanol–water partition coefficient (Wildman–Crippen LogP) is 4.67. The summed E-state index contributed by atoms with van der Waals surface area (Å²) in [5.41, 5.74) is 1.91. The molecular formula is C22H21N3O4S. The molecule has 0 unspecified atom stereocenters. The average Bonchev–Trinajstić information content (AvgIpc) is 3.37. The summed E-state index contributed by atoms with van der Waals surface area (Å²) < 4.78 is 17.0. The summed E-state index contributed by atoms with van der Waals surface area (Å²) in [7, 11) is 0. The van der Waals surface area contributed by atoms with Gasteiger partial charge in [0, 0.05) is 5.39 Å². The van der Waals surface area contributed by atoms with Crippen LogP contribution in [0.4, 0.5) is 0 Å². The molecule has 0 bridgehead atoms. The molecule has 0 saturated carbocycles. The molecule has 154 valence electrons. The Bertz CT molecular complexity index is 1120. The van der Waals surface area contributed by atoms with Crippen LogP contribution < -0.4 is 10.1 Å². The summed E-state index contributed by atoms with van der Waals surface area (Å²) in [5.74, 6) is 1.81. The van der Waals surface area contributed by atoms with Gasteiger partial charge in [0.25, 0.3) is 11.1 Å². The summed E-state index contributed by atoms with van der Waals surface area (Å²) in [6.45, 7) is 4.05. The van der Waals surface area contributed by atoms with Crippen LogP contribution in [0.5, 0.6) is 5.75 Å². The van der Waals surface area contributed by atoms with E-state index in [1.165, 1.54) is 11.8 Å². The number of carbonyl (C=O) groups is 1. The van der Waals surface area contributed by atoms with Crippen molar-refractivity contribution in [3.63, 3.8) is 0 Å². The molecule has 0 fully saturated rings. The van der Waals surface area contributed by atoms with Crippen LogP contribution >= 0.6 is 11.8 Å². The monoisotopic (exact) mass is 423 g/mol. The zero-order valence-corrected chi connectivity index (χ0v) is 17.4. The highest BCUT2D eigenvalue weighted by atomic mass is 32.2. The third kappa shape index (κ3) is 5.01. The van der Waals surface area contributed by atoms with Gasteiger partial charge in [-0.3, -0.25) is 4.79 Å². The topological polar surface area (TPSA) is 90.4 Å². The number of para-hydroxylation sites is 1. The van der Waals surface area contributed by atoms with E-state index in [1.807, 2.05) is 68.4 Å². The number of nitrogens with zero attached hydrogens (tertiary/aromatic N) is 2. The van der Waals surface area contributed by atoms with Crippen molar-refractivity contribution >= 4 is 28.6 Å². The van der Waals surface area contributed by atoms with Crippen molar-refractivity contribution in [2.45, 2.75) is 31.7 Å². The molecule has 0 aliphatic carbocycles. The second kappa shape index (κ2) is 9.04. The predicted molar refractivity (Wildman–Crippen MR) is 113 cm³/mol. The van der Waals surface area contributed by atoms with E-state index in [0.717, 1.165) is 22.3 Å². The number of hydrogen-bond acceptors (Lipinski definition) is 7. The van der Waals surface area contributed by atoms with E-state index in [9.17, 15) is 4.79 Å². The van der Waals surface area contributed by atoms with Crippen molar-refractivity contribution in [1.29, 1.82) is 0 Å². The first kappa shape index (κ1) is 20.0. The second-order valence-electron chi connectivity index (χ2n) is 6.83. The van der Waals surface area contributed by atoms with Gasteiger partial charge >= 0.3 is 0 Å².